The SMILES string of the molecule is Cc1c(-c2ccc(C(C)C)cc2)nc(C2CC2)[nH]c1=O. The van der Waals surface area contributed by atoms with Gasteiger partial charge >= 0.3 is 0 Å². The third-order valence-corrected chi connectivity index (χ3v) is 3.98. The van der Waals surface area contributed by atoms with Crippen molar-refractivity contribution in [1.29, 1.82) is 0 Å². The molecule has 0 atom stereocenters. The summed E-state index contributed by atoms with van der Waals surface area (Å²) in [4.78, 5) is 19.6. The van der Waals surface area contributed by atoms with Gasteiger partial charge in [-0.2, -0.15) is 0 Å². The van der Waals surface area contributed by atoms with Crippen LogP contribution in [0.5, 0.6) is 0 Å². The summed E-state index contributed by atoms with van der Waals surface area (Å²) in [5.74, 6) is 1.82. The molecule has 20 heavy (non-hydrogen) atoms. The molecule has 0 radical (unpaired) electrons. The van der Waals surface area contributed by atoms with E-state index >= 15 is 0 Å². The highest BCUT2D eigenvalue weighted by Crippen LogP contribution is 2.38. The van der Waals surface area contributed by atoms with Gasteiger partial charge in [0.05, 0.1) is 5.69 Å². The summed E-state index contributed by atoms with van der Waals surface area (Å²) < 4.78 is 0. The van der Waals surface area contributed by atoms with Gasteiger partial charge in [-0.1, -0.05) is 38.1 Å². The van der Waals surface area contributed by atoms with Crippen LogP contribution in [-0.4, -0.2) is 9.97 Å². The zero-order valence-electron chi connectivity index (χ0n) is 12.2. The lowest BCUT2D eigenvalue weighted by molar-refractivity contribution is 0.866. The molecule has 0 bridgehead atoms. The quantitative estimate of drug-likeness (QED) is 0.921. The van der Waals surface area contributed by atoms with E-state index in [0.29, 0.717) is 17.4 Å². The second-order valence-corrected chi connectivity index (χ2v) is 5.98. The van der Waals surface area contributed by atoms with Crippen LogP contribution in [0.1, 0.15) is 55.5 Å². The van der Waals surface area contributed by atoms with E-state index in [1.54, 1.807) is 0 Å². The summed E-state index contributed by atoms with van der Waals surface area (Å²) in [6.07, 6.45) is 2.27. The minimum Gasteiger partial charge on any atom is -0.310 e. The van der Waals surface area contributed by atoms with E-state index < -0.39 is 0 Å². The zero-order chi connectivity index (χ0) is 14.3. The van der Waals surface area contributed by atoms with Crippen LogP contribution in [0.2, 0.25) is 0 Å². The van der Waals surface area contributed by atoms with Crippen molar-refractivity contribution in [2.75, 3.05) is 0 Å². The second kappa shape index (κ2) is 4.89. The van der Waals surface area contributed by atoms with Crippen LogP contribution in [0.25, 0.3) is 11.3 Å². The van der Waals surface area contributed by atoms with Crippen LogP contribution in [-0.2, 0) is 0 Å². The van der Waals surface area contributed by atoms with E-state index in [4.69, 9.17) is 0 Å². The molecule has 1 aliphatic rings. The van der Waals surface area contributed by atoms with Crippen LogP contribution in [0.15, 0.2) is 29.1 Å². The normalized spacial score (nSPS) is 14.8. The van der Waals surface area contributed by atoms with Gasteiger partial charge in [-0.05, 0) is 31.2 Å². The molecule has 3 heteroatoms. The summed E-state index contributed by atoms with van der Waals surface area (Å²) in [7, 11) is 0. The van der Waals surface area contributed by atoms with Crippen molar-refractivity contribution in [2.24, 2.45) is 0 Å². The molecule has 1 fully saturated rings. The molecule has 0 aliphatic heterocycles. The number of rotatable bonds is 3. The monoisotopic (exact) mass is 268 g/mol. The smallest absolute Gasteiger partial charge is 0.254 e. The van der Waals surface area contributed by atoms with Crippen molar-refractivity contribution in [2.45, 2.75) is 45.4 Å². The lowest BCUT2D eigenvalue weighted by Gasteiger charge is -2.09. The Bertz CT molecular complexity index is 679. The molecule has 1 N–H and O–H groups in total. The highest BCUT2D eigenvalue weighted by molar-refractivity contribution is 5.62. The molecule has 1 saturated carbocycles. The lowest BCUT2D eigenvalue weighted by Crippen LogP contribution is -2.15. The fourth-order valence-corrected chi connectivity index (χ4v) is 2.41. The number of aromatic nitrogens is 2. The Morgan fingerprint density at radius 1 is 1.20 bits per heavy atom. The van der Waals surface area contributed by atoms with Crippen molar-refractivity contribution in [3.63, 3.8) is 0 Å². The molecular formula is C17H20N2O. The van der Waals surface area contributed by atoms with Gasteiger partial charge in [-0.25, -0.2) is 4.98 Å². The van der Waals surface area contributed by atoms with E-state index in [9.17, 15) is 4.79 Å². The van der Waals surface area contributed by atoms with Crippen molar-refractivity contribution in [1.82, 2.24) is 9.97 Å². The van der Waals surface area contributed by atoms with Crippen molar-refractivity contribution in [3.05, 3.63) is 51.6 Å². The Morgan fingerprint density at radius 3 is 2.40 bits per heavy atom. The summed E-state index contributed by atoms with van der Waals surface area (Å²) in [5.41, 5.74) is 3.85. The standard InChI is InChI=1S/C17H20N2O/c1-10(2)12-4-6-13(7-5-12)15-11(3)17(20)19-16(18-15)14-8-9-14/h4-7,10,14H,8-9H2,1-3H3,(H,18,19,20). The van der Waals surface area contributed by atoms with Gasteiger partial charge in [0, 0.05) is 17.0 Å². The molecule has 2 aromatic rings. The topological polar surface area (TPSA) is 45.8 Å². The maximum absolute atomic E-state index is 12.0. The minimum absolute atomic E-state index is 0.00941. The first-order chi connectivity index (χ1) is 9.56. The number of benzene rings is 1. The van der Waals surface area contributed by atoms with Gasteiger partial charge in [0.1, 0.15) is 5.82 Å². The molecule has 1 aliphatic carbocycles. The fourth-order valence-electron chi connectivity index (χ4n) is 2.41. The number of aromatic amines is 1. The minimum atomic E-state index is -0.00941. The van der Waals surface area contributed by atoms with Gasteiger partial charge in [0.2, 0.25) is 0 Å². The Morgan fingerprint density at radius 2 is 1.85 bits per heavy atom. The number of H-pyrrole nitrogens is 1. The summed E-state index contributed by atoms with van der Waals surface area (Å²) in [6.45, 7) is 6.20. The van der Waals surface area contributed by atoms with Crippen LogP contribution in [0, 0.1) is 6.92 Å². The summed E-state index contributed by atoms with van der Waals surface area (Å²) >= 11 is 0. The number of hydrogen-bond donors (Lipinski definition) is 1. The number of hydrogen-bond acceptors (Lipinski definition) is 2. The molecular weight excluding hydrogens is 248 g/mol. The van der Waals surface area contributed by atoms with Crippen molar-refractivity contribution in [3.8, 4) is 11.3 Å². The average Bonchev–Trinajstić information content (AvgIpc) is 3.26. The predicted molar refractivity (Wildman–Crippen MR) is 81.1 cm³/mol. The number of nitrogens with one attached hydrogen (secondary N) is 1. The Labute approximate surface area is 119 Å². The van der Waals surface area contributed by atoms with E-state index in [-0.39, 0.29) is 5.56 Å². The van der Waals surface area contributed by atoms with Crippen LogP contribution >= 0.6 is 0 Å². The molecule has 1 aromatic heterocycles. The van der Waals surface area contributed by atoms with Crippen molar-refractivity contribution < 1.29 is 0 Å². The zero-order valence-corrected chi connectivity index (χ0v) is 12.2. The molecule has 0 saturated heterocycles. The lowest BCUT2D eigenvalue weighted by atomic mass is 9.99. The van der Waals surface area contributed by atoms with Gasteiger partial charge < -0.3 is 4.98 Å². The Kier molecular flexibility index (Phi) is 3.20. The summed E-state index contributed by atoms with van der Waals surface area (Å²) in [5, 5.41) is 0. The van der Waals surface area contributed by atoms with E-state index in [1.807, 2.05) is 6.92 Å². The summed E-state index contributed by atoms with van der Waals surface area (Å²) in [6, 6.07) is 8.39. The Balaban J connectivity index is 2.06. The van der Waals surface area contributed by atoms with E-state index in [2.05, 4.69) is 48.1 Å². The molecule has 1 aromatic carbocycles. The molecule has 104 valence electrons. The highest BCUT2D eigenvalue weighted by Gasteiger charge is 2.27. The number of nitrogens with zero attached hydrogens (tertiary/aromatic N) is 1. The first-order valence-electron chi connectivity index (χ1n) is 7.27. The highest BCUT2D eigenvalue weighted by atomic mass is 16.1. The van der Waals surface area contributed by atoms with Crippen LogP contribution in [0.3, 0.4) is 0 Å². The molecule has 3 nitrogen and oxygen atoms in total. The first kappa shape index (κ1) is 13.1. The van der Waals surface area contributed by atoms with Crippen LogP contribution < -0.4 is 5.56 Å². The van der Waals surface area contributed by atoms with Gasteiger partial charge in [-0.3, -0.25) is 4.79 Å². The van der Waals surface area contributed by atoms with Crippen LogP contribution in [0.4, 0.5) is 0 Å². The maximum Gasteiger partial charge on any atom is 0.254 e. The molecule has 3 rings (SSSR count). The van der Waals surface area contributed by atoms with Gasteiger partial charge in [0.15, 0.2) is 0 Å². The molecule has 0 amide bonds. The van der Waals surface area contributed by atoms with E-state index in [0.717, 1.165) is 29.9 Å². The molecule has 0 unspecified atom stereocenters. The first-order valence-corrected chi connectivity index (χ1v) is 7.27. The Hall–Kier alpha value is -1.90. The molecule has 0 spiro atoms. The van der Waals surface area contributed by atoms with Gasteiger partial charge in [0.25, 0.3) is 5.56 Å². The van der Waals surface area contributed by atoms with E-state index in [1.165, 1.54) is 5.56 Å². The van der Waals surface area contributed by atoms with Crippen molar-refractivity contribution >= 4 is 0 Å². The maximum atomic E-state index is 12.0. The third-order valence-electron chi connectivity index (χ3n) is 3.98. The fraction of sp³-hybridized carbons (Fsp3) is 0.412. The predicted octanol–water partition coefficient (Wildman–Crippen LogP) is 3.75. The van der Waals surface area contributed by atoms with Gasteiger partial charge in [-0.15, -0.1) is 0 Å². The average molecular weight is 268 g/mol. The largest absolute Gasteiger partial charge is 0.310 e. The molecule has 1 heterocycles. The second-order valence-electron chi connectivity index (χ2n) is 5.98. The third kappa shape index (κ3) is 2.40.